The maximum Gasteiger partial charge on any atom is 0.242 e. The van der Waals surface area contributed by atoms with E-state index in [1.165, 1.54) is 6.92 Å². The highest BCUT2D eigenvalue weighted by molar-refractivity contribution is 5.89. The summed E-state index contributed by atoms with van der Waals surface area (Å²) in [5.41, 5.74) is 2.04. The Kier molecular flexibility index (Phi) is 5.08. The average Bonchev–Trinajstić information content (AvgIpc) is 2.86. The lowest BCUT2D eigenvalue weighted by Gasteiger charge is -2.22. The lowest BCUT2D eigenvalue weighted by atomic mass is 9.96. The maximum absolute atomic E-state index is 12.5. The summed E-state index contributed by atoms with van der Waals surface area (Å²) in [6.07, 6.45) is 2.36. The molecular weight excluding hydrogens is 290 g/mol. The van der Waals surface area contributed by atoms with E-state index in [1.54, 1.807) is 0 Å². The predicted molar refractivity (Wildman–Crippen MR) is 92.1 cm³/mol. The molecule has 2 rings (SSSR count). The van der Waals surface area contributed by atoms with Crippen molar-refractivity contribution in [1.82, 2.24) is 15.6 Å². The zero-order valence-corrected chi connectivity index (χ0v) is 14.2. The third-order valence-corrected chi connectivity index (χ3v) is 3.59. The van der Waals surface area contributed by atoms with Crippen LogP contribution in [0.15, 0.2) is 30.5 Å². The third-order valence-electron chi connectivity index (χ3n) is 3.59. The topological polar surface area (TPSA) is 74.0 Å². The van der Waals surface area contributed by atoms with Crippen LogP contribution in [-0.4, -0.2) is 29.4 Å². The molecule has 5 heteroatoms. The third kappa shape index (κ3) is 4.84. The van der Waals surface area contributed by atoms with Crippen LogP contribution in [0.2, 0.25) is 0 Å². The Labute approximate surface area is 136 Å². The minimum atomic E-state index is -0.575. The highest BCUT2D eigenvalue weighted by Gasteiger charge is 2.22. The Bertz CT molecular complexity index is 698. The van der Waals surface area contributed by atoms with E-state index in [9.17, 15) is 9.59 Å². The average molecular weight is 315 g/mol. The fourth-order valence-electron chi connectivity index (χ4n) is 2.45. The standard InChI is InChI=1S/C18H25N3O2/c1-12(22)21-16(17(23)20-11-18(2,3)4)9-13-10-19-15-8-6-5-7-14(13)15/h5-8,10,16,19H,9,11H2,1-4H3,(H,20,23)(H,21,22). The van der Waals surface area contributed by atoms with Crippen LogP contribution in [0.5, 0.6) is 0 Å². The number of carbonyl (C=O) groups excluding carboxylic acids is 2. The molecule has 0 bridgehead atoms. The van der Waals surface area contributed by atoms with E-state index in [1.807, 2.05) is 30.5 Å². The molecule has 0 fully saturated rings. The van der Waals surface area contributed by atoms with E-state index >= 15 is 0 Å². The second-order valence-corrected chi connectivity index (χ2v) is 7.10. The molecule has 1 atom stereocenters. The van der Waals surface area contributed by atoms with E-state index in [0.717, 1.165) is 16.5 Å². The zero-order chi connectivity index (χ0) is 17.0. The second-order valence-electron chi connectivity index (χ2n) is 7.10. The summed E-state index contributed by atoms with van der Waals surface area (Å²) < 4.78 is 0. The van der Waals surface area contributed by atoms with Crippen molar-refractivity contribution in [2.45, 2.75) is 40.2 Å². The molecule has 0 saturated carbocycles. The van der Waals surface area contributed by atoms with Crippen molar-refractivity contribution >= 4 is 22.7 Å². The quantitative estimate of drug-likeness (QED) is 0.792. The summed E-state index contributed by atoms with van der Waals surface area (Å²) in [4.78, 5) is 27.1. The summed E-state index contributed by atoms with van der Waals surface area (Å²) >= 11 is 0. The van der Waals surface area contributed by atoms with E-state index in [4.69, 9.17) is 0 Å². The second kappa shape index (κ2) is 6.86. The van der Waals surface area contributed by atoms with Crippen LogP contribution in [0.4, 0.5) is 0 Å². The number of carbonyl (C=O) groups is 2. The van der Waals surface area contributed by atoms with Crippen LogP contribution in [0.3, 0.4) is 0 Å². The van der Waals surface area contributed by atoms with Gasteiger partial charge in [0.25, 0.3) is 0 Å². The molecule has 1 heterocycles. The van der Waals surface area contributed by atoms with Crippen molar-refractivity contribution in [1.29, 1.82) is 0 Å². The number of hydrogen-bond acceptors (Lipinski definition) is 2. The molecule has 1 unspecified atom stereocenters. The van der Waals surface area contributed by atoms with Gasteiger partial charge >= 0.3 is 0 Å². The molecule has 124 valence electrons. The Hall–Kier alpha value is -2.30. The summed E-state index contributed by atoms with van der Waals surface area (Å²) in [6, 6.07) is 7.36. The van der Waals surface area contributed by atoms with Crippen molar-refractivity contribution in [3.8, 4) is 0 Å². The van der Waals surface area contributed by atoms with Gasteiger partial charge in [-0.2, -0.15) is 0 Å². The number of amides is 2. The van der Waals surface area contributed by atoms with Gasteiger partial charge in [0, 0.05) is 37.0 Å². The van der Waals surface area contributed by atoms with Crippen molar-refractivity contribution in [2.24, 2.45) is 5.41 Å². The van der Waals surface area contributed by atoms with Crippen molar-refractivity contribution in [3.05, 3.63) is 36.0 Å². The number of nitrogens with one attached hydrogen (secondary N) is 3. The number of aromatic amines is 1. The molecule has 0 spiro atoms. The first-order valence-electron chi connectivity index (χ1n) is 7.86. The van der Waals surface area contributed by atoms with Gasteiger partial charge in [0.1, 0.15) is 6.04 Å². The first kappa shape index (κ1) is 17.1. The molecule has 2 amide bonds. The first-order valence-corrected chi connectivity index (χ1v) is 7.86. The maximum atomic E-state index is 12.5. The molecule has 5 nitrogen and oxygen atoms in total. The van der Waals surface area contributed by atoms with Gasteiger partial charge in [-0.15, -0.1) is 0 Å². The molecule has 1 aromatic heterocycles. The van der Waals surface area contributed by atoms with Gasteiger partial charge < -0.3 is 15.6 Å². The minimum Gasteiger partial charge on any atom is -0.361 e. The summed E-state index contributed by atoms with van der Waals surface area (Å²) in [7, 11) is 0. The van der Waals surface area contributed by atoms with E-state index in [-0.39, 0.29) is 17.2 Å². The van der Waals surface area contributed by atoms with E-state index in [2.05, 4.69) is 36.4 Å². The van der Waals surface area contributed by atoms with E-state index in [0.29, 0.717) is 13.0 Å². The molecule has 0 saturated heterocycles. The zero-order valence-electron chi connectivity index (χ0n) is 14.2. The Morgan fingerprint density at radius 1 is 1.22 bits per heavy atom. The molecule has 0 aliphatic carbocycles. The number of rotatable bonds is 5. The monoisotopic (exact) mass is 315 g/mol. The summed E-state index contributed by atoms with van der Waals surface area (Å²) in [5.74, 6) is -0.360. The largest absolute Gasteiger partial charge is 0.361 e. The SMILES string of the molecule is CC(=O)NC(Cc1c[nH]c2ccccc12)C(=O)NCC(C)(C)C. The molecule has 0 aliphatic rings. The van der Waals surface area contributed by atoms with Crippen LogP contribution in [0.1, 0.15) is 33.3 Å². The van der Waals surface area contributed by atoms with Gasteiger partial charge in [0.2, 0.25) is 11.8 Å². The van der Waals surface area contributed by atoms with Crippen LogP contribution in [0, 0.1) is 5.41 Å². The molecule has 2 aromatic rings. The van der Waals surface area contributed by atoms with Gasteiger partial charge in [-0.1, -0.05) is 39.0 Å². The fraction of sp³-hybridized carbons (Fsp3) is 0.444. The van der Waals surface area contributed by atoms with Crippen molar-refractivity contribution in [2.75, 3.05) is 6.54 Å². The molecule has 23 heavy (non-hydrogen) atoms. The lowest BCUT2D eigenvalue weighted by molar-refractivity contribution is -0.128. The number of benzene rings is 1. The van der Waals surface area contributed by atoms with Crippen molar-refractivity contribution in [3.63, 3.8) is 0 Å². The predicted octanol–water partition coefficient (Wildman–Crippen LogP) is 2.38. The molecule has 3 N–H and O–H groups in total. The number of aromatic nitrogens is 1. The van der Waals surface area contributed by atoms with Crippen molar-refractivity contribution < 1.29 is 9.59 Å². The molecule has 1 aromatic carbocycles. The minimum absolute atomic E-state index is 0.00276. The number of fused-ring (bicyclic) bond motifs is 1. The summed E-state index contributed by atoms with van der Waals surface area (Å²) in [6.45, 7) is 8.16. The van der Waals surface area contributed by atoms with Crippen LogP contribution < -0.4 is 10.6 Å². The fourth-order valence-corrected chi connectivity index (χ4v) is 2.45. The Morgan fingerprint density at radius 3 is 2.57 bits per heavy atom. The normalized spacial score (nSPS) is 12.9. The van der Waals surface area contributed by atoms with Gasteiger partial charge in [-0.05, 0) is 17.0 Å². The van der Waals surface area contributed by atoms with E-state index < -0.39 is 6.04 Å². The number of H-pyrrole nitrogens is 1. The summed E-state index contributed by atoms with van der Waals surface area (Å²) in [5, 5.41) is 6.75. The molecular formula is C18H25N3O2. The van der Waals surface area contributed by atoms with Crippen LogP contribution in [0.25, 0.3) is 10.9 Å². The molecule has 0 aliphatic heterocycles. The van der Waals surface area contributed by atoms with Crippen LogP contribution >= 0.6 is 0 Å². The number of hydrogen-bond donors (Lipinski definition) is 3. The lowest BCUT2D eigenvalue weighted by Crippen LogP contribution is -2.49. The van der Waals surface area contributed by atoms with Crippen LogP contribution in [-0.2, 0) is 16.0 Å². The van der Waals surface area contributed by atoms with Gasteiger partial charge in [0.05, 0.1) is 0 Å². The first-order chi connectivity index (χ1) is 10.8. The van der Waals surface area contributed by atoms with Gasteiger partial charge in [0.15, 0.2) is 0 Å². The highest BCUT2D eigenvalue weighted by atomic mass is 16.2. The Morgan fingerprint density at radius 2 is 1.91 bits per heavy atom. The smallest absolute Gasteiger partial charge is 0.242 e. The molecule has 0 radical (unpaired) electrons. The van der Waals surface area contributed by atoms with Gasteiger partial charge in [-0.25, -0.2) is 0 Å². The van der Waals surface area contributed by atoms with Gasteiger partial charge in [-0.3, -0.25) is 9.59 Å². The number of para-hydroxylation sites is 1. The Balaban J connectivity index is 2.15. The highest BCUT2D eigenvalue weighted by Crippen LogP contribution is 2.19.